The predicted octanol–water partition coefficient (Wildman–Crippen LogP) is 0.989. The molecule has 1 aromatic rings. The van der Waals surface area contributed by atoms with Crippen LogP contribution in [0.3, 0.4) is 0 Å². The summed E-state index contributed by atoms with van der Waals surface area (Å²) in [6.45, 7) is 5.20. The largest absolute Gasteiger partial charge is 0.482 e. The third kappa shape index (κ3) is 2.45. The molecule has 3 rings (SSSR count). The molecule has 5 heteroatoms. The van der Waals surface area contributed by atoms with Crippen LogP contribution in [0.25, 0.3) is 0 Å². The Morgan fingerprint density at radius 3 is 2.35 bits per heavy atom. The number of nitrogens with zero attached hydrogens (tertiary/aromatic N) is 2. The summed E-state index contributed by atoms with van der Waals surface area (Å²) in [6, 6.07) is 7.49. The Balaban J connectivity index is 1.72. The normalized spacial score (nSPS) is 26.4. The maximum atomic E-state index is 12.6. The molecule has 2 aliphatic heterocycles. The van der Waals surface area contributed by atoms with E-state index in [0.29, 0.717) is 11.5 Å². The Kier molecular flexibility index (Phi) is 3.53. The van der Waals surface area contributed by atoms with E-state index in [2.05, 4.69) is 11.9 Å². The molecule has 0 bridgehead atoms. The molecule has 1 aromatic carbocycles. The van der Waals surface area contributed by atoms with Gasteiger partial charge in [0.25, 0.3) is 5.91 Å². The Morgan fingerprint density at radius 2 is 1.70 bits per heavy atom. The fourth-order valence-corrected chi connectivity index (χ4v) is 2.60. The molecule has 1 amide bonds. The van der Waals surface area contributed by atoms with Crippen LogP contribution in [-0.4, -0.2) is 61.1 Å². The van der Waals surface area contributed by atoms with Crippen molar-refractivity contribution in [1.29, 1.82) is 0 Å². The summed E-state index contributed by atoms with van der Waals surface area (Å²) in [5.74, 6) is 1.39. The Bertz CT molecular complexity index is 498. The van der Waals surface area contributed by atoms with Gasteiger partial charge in [0, 0.05) is 26.2 Å². The minimum absolute atomic E-state index is 0.0279. The summed E-state index contributed by atoms with van der Waals surface area (Å²) >= 11 is 0. The number of hydrogen-bond acceptors (Lipinski definition) is 4. The molecule has 1 saturated heterocycles. The molecule has 0 radical (unpaired) electrons. The van der Waals surface area contributed by atoms with Gasteiger partial charge in [0.2, 0.25) is 6.10 Å². The highest BCUT2D eigenvalue weighted by molar-refractivity contribution is 5.82. The molecule has 20 heavy (non-hydrogen) atoms. The van der Waals surface area contributed by atoms with Crippen LogP contribution in [0.4, 0.5) is 0 Å². The smallest absolute Gasteiger partial charge is 0.267 e. The first-order valence-electron chi connectivity index (χ1n) is 7.05. The van der Waals surface area contributed by atoms with E-state index in [-0.39, 0.29) is 12.0 Å². The van der Waals surface area contributed by atoms with E-state index in [1.165, 1.54) is 0 Å². The van der Waals surface area contributed by atoms with Crippen molar-refractivity contribution >= 4 is 5.91 Å². The average molecular weight is 276 g/mol. The Hall–Kier alpha value is -1.75. The summed E-state index contributed by atoms with van der Waals surface area (Å²) < 4.78 is 11.7. The number of ether oxygens (including phenoxy) is 2. The van der Waals surface area contributed by atoms with Gasteiger partial charge in [-0.05, 0) is 26.1 Å². The Labute approximate surface area is 119 Å². The van der Waals surface area contributed by atoms with E-state index in [9.17, 15) is 4.79 Å². The number of para-hydroxylation sites is 2. The van der Waals surface area contributed by atoms with Crippen molar-refractivity contribution in [3.8, 4) is 11.5 Å². The highest BCUT2D eigenvalue weighted by atomic mass is 16.6. The second-order valence-electron chi connectivity index (χ2n) is 5.44. The number of likely N-dealkylation sites (N-methyl/N-ethyl adjacent to an activating group) is 1. The van der Waals surface area contributed by atoms with E-state index in [1.807, 2.05) is 36.1 Å². The molecule has 0 aromatic heterocycles. The molecule has 5 nitrogen and oxygen atoms in total. The lowest BCUT2D eigenvalue weighted by Gasteiger charge is -2.37. The summed E-state index contributed by atoms with van der Waals surface area (Å²) in [5.41, 5.74) is 0. The van der Waals surface area contributed by atoms with Gasteiger partial charge in [0.05, 0.1) is 0 Å². The maximum absolute atomic E-state index is 12.6. The van der Waals surface area contributed by atoms with Crippen LogP contribution in [0.5, 0.6) is 11.5 Å². The molecule has 0 aliphatic carbocycles. The average Bonchev–Trinajstić information content (AvgIpc) is 2.46. The molecule has 0 saturated carbocycles. The van der Waals surface area contributed by atoms with E-state index in [0.717, 1.165) is 26.2 Å². The van der Waals surface area contributed by atoms with Crippen molar-refractivity contribution in [2.45, 2.75) is 19.1 Å². The summed E-state index contributed by atoms with van der Waals surface area (Å²) in [7, 11) is 2.07. The quantitative estimate of drug-likeness (QED) is 0.767. The van der Waals surface area contributed by atoms with Gasteiger partial charge in [-0.2, -0.15) is 0 Å². The fourth-order valence-electron chi connectivity index (χ4n) is 2.60. The first-order valence-corrected chi connectivity index (χ1v) is 7.05. The van der Waals surface area contributed by atoms with Gasteiger partial charge in [-0.25, -0.2) is 0 Å². The van der Waals surface area contributed by atoms with E-state index in [4.69, 9.17) is 9.47 Å². The van der Waals surface area contributed by atoms with Crippen molar-refractivity contribution < 1.29 is 14.3 Å². The predicted molar refractivity (Wildman–Crippen MR) is 75.0 cm³/mol. The zero-order valence-electron chi connectivity index (χ0n) is 11.9. The van der Waals surface area contributed by atoms with Gasteiger partial charge in [-0.15, -0.1) is 0 Å². The van der Waals surface area contributed by atoms with Gasteiger partial charge < -0.3 is 19.3 Å². The van der Waals surface area contributed by atoms with Gasteiger partial charge in [0.1, 0.15) is 6.10 Å². The lowest BCUT2D eigenvalue weighted by atomic mass is 10.1. The van der Waals surface area contributed by atoms with Crippen LogP contribution in [0.2, 0.25) is 0 Å². The second-order valence-corrected chi connectivity index (χ2v) is 5.44. The van der Waals surface area contributed by atoms with Crippen LogP contribution < -0.4 is 9.47 Å². The maximum Gasteiger partial charge on any atom is 0.267 e. The standard InChI is InChI=1S/C15H20N2O3/c1-11-14(15(18)17-9-7-16(2)8-10-17)20-13-6-4-3-5-12(13)19-11/h3-6,11,14H,7-10H2,1-2H3. The third-order valence-electron chi connectivity index (χ3n) is 3.90. The zero-order chi connectivity index (χ0) is 14.1. The number of rotatable bonds is 1. The zero-order valence-corrected chi connectivity index (χ0v) is 11.9. The third-order valence-corrected chi connectivity index (χ3v) is 3.90. The summed E-state index contributed by atoms with van der Waals surface area (Å²) in [5, 5.41) is 0. The summed E-state index contributed by atoms with van der Waals surface area (Å²) in [4.78, 5) is 16.7. The number of piperazine rings is 1. The molecular weight excluding hydrogens is 256 g/mol. The molecule has 2 heterocycles. The highest BCUT2D eigenvalue weighted by Gasteiger charge is 2.37. The van der Waals surface area contributed by atoms with E-state index in [1.54, 1.807) is 0 Å². The van der Waals surface area contributed by atoms with Crippen LogP contribution in [-0.2, 0) is 4.79 Å². The highest BCUT2D eigenvalue weighted by Crippen LogP contribution is 2.33. The van der Waals surface area contributed by atoms with Crippen molar-refractivity contribution in [2.24, 2.45) is 0 Å². The van der Waals surface area contributed by atoms with Crippen molar-refractivity contribution in [3.05, 3.63) is 24.3 Å². The van der Waals surface area contributed by atoms with E-state index < -0.39 is 6.10 Å². The van der Waals surface area contributed by atoms with Crippen LogP contribution in [0.15, 0.2) is 24.3 Å². The van der Waals surface area contributed by atoms with Crippen LogP contribution in [0, 0.1) is 0 Å². The van der Waals surface area contributed by atoms with E-state index >= 15 is 0 Å². The van der Waals surface area contributed by atoms with Crippen LogP contribution in [0.1, 0.15) is 6.92 Å². The number of carbonyl (C=O) groups is 1. The molecule has 2 aliphatic rings. The Morgan fingerprint density at radius 1 is 1.10 bits per heavy atom. The van der Waals surface area contributed by atoms with Gasteiger partial charge >= 0.3 is 0 Å². The fraction of sp³-hybridized carbons (Fsp3) is 0.533. The monoisotopic (exact) mass is 276 g/mol. The number of amides is 1. The van der Waals surface area contributed by atoms with Gasteiger partial charge in [-0.3, -0.25) is 4.79 Å². The SMILES string of the molecule is CC1Oc2ccccc2OC1C(=O)N1CCN(C)CC1. The number of hydrogen-bond donors (Lipinski definition) is 0. The topological polar surface area (TPSA) is 42.0 Å². The molecule has 0 N–H and O–H groups in total. The minimum atomic E-state index is -0.548. The first kappa shape index (κ1) is 13.2. The molecule has 2 unspecified atom stereocenters. The number of fused-ring (bicyclic) bond motifs is 1. The van der Waals surface area contributed by atoms with Crippen molar-refractivity contribution in [1.82, 2.24) is 9.80 Å². The number of benzene rings is 1. The molecular formula is C15H20N2O3. The van der Waals surface area contributed by atoms with Crippen LogP contribution >= 0.6 is 0 Å². The summed E-state index contributed by atoms with van der Waals surface area (Å²) in [6.07, 6.45) is -0.814. The van der Waals surface area contributed by atoms with Gasteiger partial charge in [-0.1, -0.05) is 12.1 Å². The molecule has 2 atom stereocenters. The van der Waals surface area contributed by atoms with Gasteiger partial charge in [0.15, 0.2) is 11.5 Å². The van der Waals surface area contributed by atoms with Crippen molar-refractivity contribution in [3.63, 3.8) is 0 Å². The molecule has 108 valence electrons. The molecule has 0 spiro atoms. The second kappa shape index (κ2) is 5.32. The minimum Gasteiger partial charge on any atom is -0.482 e. The number of carbonyl (C=O) groups excluding carboxylic acids is 1. The lowest BCUT2D eigenvalue weighted by molar-refractivity contribution is -0.145. The lowest BCUT2D eigenvalue weighted by Crippen LogP contribution is -2.55. The van der Waals surface area contributed by atoms with Crippen molar-refractivity contribution in [2.75, 3.05) is 33.2 Å². The first-order chi connectivity index (χ1) is 9.65. The molecule has 1 fully saturated rings.